The summed E-state index contributed by atoms with van der Waals surface area (Å²) in [5, 5.41) is 10.7. The van der Waals surface area contributed by atoms with Gasteiger partial charge < -0.3 is 0 Å². The van der Waals surface area contributed by atoms with Crippen LogP contribution in [0.15, 0.2) is 97.1 Å². The second-order valence-corrected chi connectivity index (χ2v) is 9.41. The van der Waals surface area contributed by atoms with E-state index in [2.05, 4.69) is 111 Å². The van der Waals surface area contributed by atoms with E-state index in [1.54, 1.807) is 0 Å². The molecule has 0 atom stereocenters. The summed E-state index contributed by atoms with van der Waals surface area (Å²) in [5.41, 5.74) is 5.57. The van der Waals surface area contributed by atoms with Gasteiger partial charge in [0, 0.05) is 5.41 Å². The van der Waals surface area contributed by atoms with Crippen LogP contribution < -0.4 is 0 Å². The van der Waals surface area contributed by atoms with Gasteiger partial charge in [0.05, 0.1) is 0 Å². The fraction of sp³-hybridized carbons (Fsp3) is 0.0968. The lowest BCUT2D eigenvalue weighted by atomic mass is 9.67. The highest BCUT2D eigenvalue weighted by Gasteiger charge is 2.34. The SMILES string of the molecule is CC1(C)c2cc3c(ccc4ccccc43)cc2-c2c3ccccc3cc3cccc1c23. The summed E-state index contributed by atoms with van der Waals surface area (Å²) < 4.78 is 0. The Kier molecular flexibility index (Phi) is 3.16. The Bertz CT molecular complexity index is 1700. The van der Waals surface area contributed by atoms with Crippen LogP contribution in [-0.2, 0) is 5.41 Å². The molecule has 0 fully saturated rings. The van der Waals surface area contributed by atoms with Crippen LogP contribution in [0.2, 0.25) is 0 Å². The van der Waals surface area contributed by atoms with Crippen molar-refractivity contribution < 1.29 is 0 Å². The van der Waals surface area contributed by atoms with Crippen LogP contribution in [-0.4, -0.2) is 0 Å². The fourth-order valence-corrected chi connectivity index (χ4v) is 5.85. The zero-order chi connectivity index (χ0) is 20.7. The van der Waals surface area contributed by atoms with Gasteiger partial charge in [-0.1, -0.05) is 92.7 Å². The fourth-order valence-electron chi connectivity index (χ4n) is 5.85. The minimum absolute atomic E-state index is 0.0601. The first-order valence-electron chi connectivity index (χ1n) is 11.0. The molecule has 0 bridgehead atoms. The van der Waals surface area contributed by atoms with Gasteiger partial charge in [0.25, 0.3) is 0 Å². The van der Waals surface area contributed by atoms with E-state index >= 15 is 0 Å². The van der Waals surface area contributed by atoms with E-state index in [-0.39, 0.29) is 5.41 Å². The highest BCUT2D eigenvalue weighted by Crippen LogP contribution is 2.52. The van der Waals surface area contributed by atoms with Crippen LogP contribution in [0.5, 0.6) is 0 Å². The predicted octanol–water partition coefficient (Wildman–Crippen LogP) is 8.61. The van der Waals surface area contributed by atoms with Crippen LogP contribution in [0.3, 0.4) is 0 Å². The molecule has 0 heterocycles. The molecular formula is C31H22. The molecule has 1 aliphatic carbocycles. The van der Waals surface area contributed by atoms with Crippen molar-refractivity contribution in [1.82, 2.24) is 0 Å². The average Bonchev–Trinajstić information content (AvgIpc) is 2.80. The molecule has 0 heteroatoms. The number of fused-ring (bicyclic) bond motifs is 7. The van der Waals surface area contributed by atoms with Crippen LogP contribution in [0, 0.1) is 0 Å². The first-order chi connectivity index (χ1) is 15.1. The molecule has 0 unspecified atom stereocenters. The van der Waals surface area contributed by atoms with Gasteiger partial charge >= 0.3 is 0 Å². The minimum atomic E-state index is -0.0601. The molecule has 0 aliphatic heterocycles. The molecule has 0 radical (unpaired) electrons. The highest BCUT2D eigenvalue weighted by atomic mass is 14.4. The Labute approximate surface area is 181 Å². The Morgan fingerprint density at radius 3 is 2.03 bits per heavy atom. The van der Waals surface area contributed by atoms with Crippen molar-refractivity contribution in [1.29, 1.82) is 0 Å². The predicted molar refractivity (Wildman–Crippen MR) is 134 cm³/mol. The number of benzene rings is 6. The molecule has 0 N–H and O–H groups in total. The second-order valence-electron chi connectivity index (χ2n) is 9.41. The van der Waals surface area contributed by atoms with Gasteiger partial charge in [0.15, 0.2) is 0 Å². The first-order valence-corrected chi connectivity index (χ1v) is 11.0. The normalized spacial score (nSPS) is 14.4. The molecule has 1 aliphatic rings. The van der Waals surface area contributed by atoms with Crippen LogP contribution >= 0.6 is 0 Å². The van der Waals surface area contributed by atoms with Crippen LogP contribution in [0.1, 0.15) is 25.0 Å². The molecule has 6 aromatic rings. The third-order valence-electron chi connectivity index (χ3n) is 7.39. The quantitative estimate of drug-likeness (QED) is 0.179. The lowest BCUT2D eigenvalue weighted by Crippen LogP contribution is -2.23. The second kappa shape index (κ2) is 5.74. The molecule has 0 aromatic heterocycles. The zero-order valence-electron chi connectivity index (χ0n) is 17.7. The summed E-state index contributed by atoms with van der Waals surface area (Å²) in [6.07, 6.45) is 0. The topological polar surface area (TPSA) is 0 Å². The Hall–Kier alpha value is -3.64. The van der Waals surface area contributed by atoms with Crippen LogP contribution in [0.25, 0.3) is 54.2 Å². The van der Waals surface area contributed by atoms with Crippen molar-refractivity contribution >= 4 is 43.1 Å². The lowest BCUT2D eigenvalue weighted by molar-refractivity contribution is 0.646. The number of hydrogen-bond acceptors (Lipinski definition) is 0. The van der Waals surface area contributed by atoms with Crippen molar-refractivity contribution in [3.05, 3.63) is 108 Å². The molecule has 146 valence electrons. The summed E-state index contributed by atoms with van der Waals surface area (Å²) in [6.45, 7) is 4.77. The molecule has 6 aromatic carbocycles. The minimum Gasteiger partial charge on any atom is -0.0616 e. The van der Waals surface area contributed by atoms with Gasteiger partial charge in [-0.2, -0.15) is 0 Å². The zero-order valence-corrected chi connectivity index (χ0v) is 17.7. The van der Waals surface area contributed by atoms with Gasteiger partial charge in [-0.05, 0) is 83.5 Å². The molecule has 0 amide bonds. The first kappa shape index (κ1) is 17.1. The average molecular weight is 395 g/mol. The maximum absolute atomic E-state index is 2.47. The highest BCUT2D eigenvalue weighted by molar-refractivity contribution is 6.18. The molecule has 7 rings (SSSR count). The van der Waals surface area contributed by atoms with E-state index in [1.165, 1.54) is 65.3 Å². The van der Waals surface area contributed by atoms with Gasteiger partial charge in [0.2, 0.25) is 0 Å². The number of hydrogen-bond donors (Lipinski definition) is 0. The number of rotatable bonds is 0. The molecular weight excluding hydrogens is 372 g/mol. The lowest BCUT2D eigenvalue weighted by Gasteiger charge is -2.36. The third kappa shape index (κ3) is 2.15. The van der Waals surface area contributed by atoms with Gasteiger partial charge in [-0.25, -0.2) is 0 Å². The van der Waals surface area contributed by atoms with E-state index in [4.69, 9.17) is 0 Å². The summed E-state index contributed by atoms with van der Waals surface area (Å²) in [4.78, 5) is 0. The Morgan fingerprint density at radius 2 is 1.16 bits per heavy atom. The smallest absolute Gasteiger partial charge is 0.0159 e. The maximum Gasteiger partial charge on any atom is 0.0159 e. The van der Waals surface area contributed by atoms with Gasteiger partial charge in [0.1, 0.15) is 0 Å². The van der Waals surface area contributed by atoms with E-state index in [1.807, 2.05) is 0 Å². The summed E-state index contributed by atoms with van der Waals surface area (Å²) in [7, 11) is 0. The van der Waals surface area contributed by atoms with E-state index in [9.17, 15) is 0 Å². The monoisotopic (exact) mass is 394 g/mol. The molecule has 0 spiro atoms. The van der Waals surface area contributed by atoms with E-state index < -0.39 is 0 Å². The molecule has 0 saturated carbocycles. The molecule has 0 nitrogen and oxygen atoms in total. The standard InChI is InChI=1S/C31H22/c1-31(2)27-13-7-10-22-16-20-9-4-6-12-24(20)30(29(22)27)26-17-21-15-14-19-8-3-5-11-23(19)25(21)18-28(26)31/h3-18H,1-2H3. The Balaban J connectivity index is 1.74. The largest absolute Gasteiger partial charge is 0.0616 e. The Morgan fingerprint density at radius 1 is 0.484 bits per heavy atom. The van der Waals surface area contributed by atoms with E-state index in [0.29, 0.717) is 0 Å². The van der Waals surface area contributed by atoms with Crippen molar-refractivity contribution in [3.8, 4) is 11.1 Å². The van der Waals surface area contributed by atoms with Crippen molar-refractivity contribution in [3.63, 3.8) is 0 Å². The third-order valence-corrected chi connectivity index (χ3v) is 7.39. The summed E-state index contributed by atoms with van der Waals surface area (Å²) in [5.74, 6) is 0. The molecule has 31 heavy (non-hydrogen) atoms. The summed E-state index contributed by atoms with van der Waals surface area (Å²) >= 11 is 0. The molecule has 0 saturated heterocycles. The summed E-state index contributed by atoms with van der Waals surface area (Å²) in [6, 6.07) is 36.2. The maximum atomic E-state index is 2.47. The van der Waals surface area contributed by atoms with Crippen LogP contribution in [0.4, 0.5) is 0 Å². The van der Waals surface area contributed by atoms with Gasteiger partial charge in [-0.3, -0.25) is 0 Å². The van der Waals surface area contributed by atoms with Crippen molar-refractivity contribution in [2.75, 3.05) is 0 Å². The van der Waals surface area contributed by atoms with Crippen molar-refractivity contribution in [2.45, 2.75) is 19.3 Å². The van der Waals surface area contributed by atoms with E-state index in [0.717, 1.165) is 0 Å². The van der Waals surface area contributed by atoms with Crippen molar-refractivity contribution in [2.24, 2.45) is 0 Å². The van der Waals surface area contributed by atoms with Gasteiger partial charge in [-0.15, -0.1) is 0 Å².